The number of H-pyrrole nitrogens is 1. The van der Waals surface area contributed by atoms with Gasteiger partial charge in [0.25, 0.3) is 5.56 Å². The Kier molecular flexibility index (Phi) is 4.65. The molecule has 1 N–H and O–H groups in total. The Labute approximate surface area is 161 Å². The lowest BCUT2D eigenvalue weighted by Crippen LogP contribution is -2.26. The Morgan fingerprint density at radius 1 is 1.14 bits per heavy atom. The summed E-state index contributed by atoms with van der Waals surface area (Å²) in [6.07, 6.45) is 0.482. The number of nitrogens with zero attached hydrogens (tertiary/aromatic N) is 2. The molecule has 1 aromatic heterocycles. The van der Waals surface area contributed by atoms with Crippen LogP contribution in [0.4, 0.5) is 5.69 Å². The second kappa shape index (κ2) is 7.26. The highest BCUT2D eigenvalue weighted by Gasteiger charge is 2.27. The van der Waals surface area contributed by atoms with Crippen LogP contribution in [0.5, 0.6) is 0 Å². The summed E-state index contributed by atoms with van der Waals surface area (Å²) in [5, 5.41) is 0.475. The fourth-order valence-electron chi connectivity index (χ4n) is 3.36. The van der Waals surface area contributed by atoms with Crippen molar-refractivity contribution in [1.82, 2.24) is 9.97 Å². The number of aromatic nitrogens is 2. The first-order valence-corrected chi connectivity index (χ1v) is 9.14. The molecule has 1 aliphatic rings. The molecule has 1 fully saturated rings. The zero-order valence-corrected chi connectivity index (χ0v) is 15.3. The number of para-hydroxylation sites is 2. The topological polar surface area (TPSA) is 92.4 Å². The zero-order valence-electron chi connectivity index (χ0n) is 15.3. The molecular weight excluding hydrogens is 358 g/mol. The van der Waals surface area contributed by atoms with Crippen molar-refractivity contribution in [1.29, 1.82) is 0 Å². The monoisotopic (exact) mass is 377 g/mol. The van der Waals surface area contributed by atoms with E-state index in [1.807, 2.05) is 0 Å². The maximum absolute atomic E-state index is 12.8. The molecule has 3 aromatic rings. The van der Waals surface area contributed by atoms with Gasteiger partial charge in [-0.2, -0.15) is 0 Å². The van der Waals surface area contributed by atoms with Gasteiger partial charge < -0.3 is 14.6 Å². The first kappa shape index (κ1) is 17.9. The van der Waals surface area contributed by atoms with E-state index in [0.717, 1.165) is 6.42 Å². The minimum absolute atomic E-state index is 0.00572. The summed E-state index contributed by atoms with van der Waals surface area (Å²) in [4.78, 5) is 45.8. The number of hydrogen-bond acceptors (Lipinski definition) is 5. The van der Waals surface area contributed by atoms with Gasteiger partial charge >= 0.3 is 5.97 Å². The summed E-state index contributed by atoms with van der Waals surface area (Å²) in [7, 11) is 0. The maximum Gasteiger partial charge on any atom is 0.340 e. The number of hydrogen-bond donors (Lipinski definition) is 1. The average Bonchev–Trinajstić information content (AvgIpc) is 3.13. The van der Waals surface area contributed by atoms with E-state index in [4.69, 9.17) is 4.74 Å². The molecule has 0 radical (unpaired) electrons. The Morgan fingerprint density at radius 3 is 2.68 bits per heavy atom. The van der Waals surface area contributed by atoms with E-state index in [1.165, 1.54) is 0 Å². The fraction of sp³-hybridized carbons (Fsp3) is 0.238. The number of carbonyl (C=O) groups excluding carboxylic acids is 2. The van der Waals surface area contributed by atoms with Crippen LogP contribution in [0.15, 0.2) is 53.3 Å². The highest BCUT2D eigenvalue weighted by atomic mass is 16.5. The van der Waals surface area contributed by atoms with Crippen LogP contribution in [0.25, 0.3) is 10.9 Å². The van der Waals surface area contributed by atoms with Crippen molar-refractivity contribution < 1.29 is 14.3 Å². The zero-order chi connectivity index (χ0) is 19.7. The summed E-state index contributed by atoms with van der Waals surface area (Å²) in [6.45, 7) is 2.23. The number of nitrogens with one attached hydrogen (secondary N) is 1. The lowest BCUT2D eigenvalue weighted by Gasteiger charge is -2.20. The molecule has 7 nitrogen and oxygen atoms in total. The van der Waals surface area contributed by atoms with Gasteiger partial charge in [-0.05, 0) is 37.6 Å². The van der Waals surface area contributed by atoms with E-state index in [0.29, 0.717) is 35.1 Å². The van der Waals surface area contributed by atoms with Crippen molar-refractivity contribution >= 4 is 28.5 Å². The smallest absolute Gasteiger partial charge is 0.340 e. The molecule has 2 aromatic carbocycles. The predicted octanol–water partition coefficient (Wildman–Crippen LogP) is 2.97. The van der Waals surface area contributed by atoms with Crippen molar-refractivity contribution in [2.75, 3.05) is 11.4 Å². The number of anilines is 1. The summed E-state index contributed by atoms with van der Waals surface area (Å²) >= 11 is 0. The number of aromatic amines is 1. The van der Waals surface area contributed by atoms with Gasteiger partial charge in [-0.15, -0.1) is 0 Å². The number of esters is 1. The molecule has 1 atom stereocenters. The van der Waals surface area contributed by atoms with Crippen molar-refractivity contribution in [3.63, 3.8) is 0 Å². The molecule has 7 heteroatoms. The number of rotatable bonds is 4. The lowest BCUT2D eigenvalue weighted by molar-refractivity contribution is -0.117. The molecule has 0 unspecified atom stereocenters. The number of carbonyl (C=O) groups is 2. The van der Waals surface area contributed by atoms with E-state index in [9.17, 15) is 14.4 Å². The van der Waals surface area contributed by atoms with Crippen molar-refractivity contribution in [2.24, 2.45) is 0 Å². The van der Waals surface area contributed by atoms with Gasteiger partial charge in [-0.1, -0.05) is 24.3 Å². The summed E-state index contributed by atoms with van der Waals surface area (Å²) in [6, 6.07) is 13.8. The SMILES string of the molecule is C[C@H](OC(=O)c1ccccc1N1CCCC1=O)c1nc2ccccc2c(=O)[nH]1. The highest BCUT2D eigenvalue weighted by Crippen LogP contribution is 2.27. The first-order valence-electron chi connectivity index (χ1n) is 9.14. The van der Waals surface area contributed by atoms with Gasteiger partial charge in [-0.3, -0.25) is 9.59 Å². The van der Waals surface area contributed by atoms with Crippen LogP contribution in [-0.2, 0) is 9.53 Å². The molecule has 0 bridgehead atoms. The highest BCUT2D eigenvalue weighted by molar-refractivity contribution is 6.03. The Hall–Kier alpha value is -3.48. The van der Waals surface area contributed by atoms with Crippen molar-refractivity contribution in [3.05, 3.63) is 70.3 Å². The van der Waals surface area contributed by atoms with Gasteiger partial charge in [0.2, 0.25) is 5.91 Å². The molecule has 1 amide bonds. The largest absolute Gasteiger partial charge is 0.451 e. The third-order valence-corrected chi connectivity index (χ3v) is 4.79. The van der Waals surface area contributed by atoms with Gasteiger partial charge in [0, 0.05) is 13.0 Å². The minimum Gasteiger partial charge on any atom is -0.451 e. The number of fused-ring (bicyclic) bond motifs is 1. The second-order valence-corrected chi connectivity index (χ2v) is 6.68. The summed E-state index contributed by atoms with van der Waals surface area (Å²) < 4.78 is 5.55. The van der Waals surface area contributed by atoms with Crippen LogP contribution < -0.4 is 10.5 Å². The third-order valence-electron chi connectivity index (χ3n) is 4.79. The average molecular weight is 377 g/mol. The molecule has 142 valence electrons. The predicted molar refractivity (Wildman–Crippen MR) is 104 cm³/mol. The molecule has 0 aliphatic carbocycles. The molecule has 0 spiro atoms. The first-order chi connectivity index (χ1) is 13.5. The molecule has 4 rings (SSSR count). The van der Waals surface area contributed by atoms with Crippen LogP contribution in [0.2, 0.25) is 0 Å². The van der Waals surface area contributed by atoms with Gasteiger partial charge in [0.05, 0.1) is 22.2 Å². The van der Waals surface area contributed by atoms with Crippen molar-refractivity contribution in [2.45, 2.75) is 25.9 Å². The van der Waals surface area contributed by atoms with E-state index in [2.05, 4.69) is 9.97 Å². The standard InChI is InChI=1S/C21H19N3O4/c1-13(19-22-16-9-4-2-7-14(16)20(26)23-19)28-21(27)15-8-3-5-10-17(15)24-12-6-11-18(24)25/h2-5,7-10,13H,6,11-12H2,1H3,(H,22,23,26)/t13-/m0/s1. The van der Waals surface area contributed by atoms with Crippen LogP contribution in [0.3, 0.4) is 0 Å². The normalized spacial score (nSPS) is 15.0. The van der Waals surface area contributed by atoms with E-state index in [-0.39, 0.29) is 17.3 Å². The van der Waals surface area contributed by atoms with Crippen molar-refractivity contribution in [3.8, 4) is 0 Å². The molecule has 28 heavy (non-hydrogen) atoms. The molecule has 2 heterocycles. The summed E-state index contributed by atoms with van der Waals surface area (Å²) in [5.74, 6) is -0.306. The van der Waals surface area contributed by atoms with Gasteiger partial charge in [0.15, 0.2) is 11.9 Å². The number of amides is 1. The van der Waals surface area contributed by atoms with Crippen LogP contribution in [0, 0.1) is 0 Å². The van der Waals surface area contributed by atoms with E-state index < -0.39 is 12.1 Å². The Balaban J connectivity index is 1.61. The second-order valence-electron chi connectivity index (χ2n) is 6.68. The van der Waals surface area contributed by atoms with Crippen LogP contribution >= 0.6 is 0 Å². The van der Waals surface area contributed by atoms with Gasteiger partial charge in [0.1, 0.15) is 0 Å². The molecular formula is C21H19N3O4. The molecule has 0 saturated carbocycles. The summed E-state index contributed by atoms with van der Waals surface area (Å²) in [5.41, 5.74) is 1.11. The van der Waals surface area contributed by atoms with Crippen LogP contribution in [-0.4, -0.2) is 28.4 Å². The molecule has 1 saturated heterocycles. The lowest BCUT2D eigenvalue weighted by atomic mass is 10.1. The van der Waals surface area contributed by atoms with E-state index >= 15 is 0 Å². The third kappa shape index (κ3) is 3.26. The van der Waals surface area contributed by atoms with Crippen LogP contribution in [0.1, 0.15) is 42.1 Å². The Morgan fingerprint density at radius 2 is 1.89 bits per heavy atom. The fourth-order valence-corrected chi connectivity index (χ4v) is 3.36. The van der Waals surface area contributed by atoms with Gasteiger partial charge in [-0.25, -0.2) is 9.78 Å². The number of benzene rings is 2. The minimum atomic E-state index is -0.757. The Bertz CT molecular complexity index is 1120. The maximum atomic E-state index is 12.8. The quantitative estimate of drug-likeness (QED) is 0.706. The number of ether oxygens (including phenoxy) is 1. The molecule has 1 aliphatic heterocycles. The van der Waals surface area contributed by atoms with E-state index in [1.54, 1.807) is 60.4 Å².